The highest BCUT2D eigenvalue weighted by molar-refractivity contribution is 7.93. The lowest BCUT2D eigenvalue weighted by Gasteiger charge is -2.25. The summed E-state index contributed by atoms with van der Waals surface area (Å²) in [6.07, 6.45) is 0. The van der Waals surface area contributed by atoms with E-state index in [1.165, 1.54) is 32.4 Å². The molecule has 180 valence electrons. The van der Waals surface area contributed by atoms with Gasteiger partial charge in [0.2, 0.25) is 5.91 Å². The molecule has 0 atom stereocenters. The SMILES string of the molecule is COc1ccc(N(CC(=O)Nc2ccc(C)cc2C)S(=O)(=O)c2cc(C)ccc2OC)cc1Cl. The van der Waals surface area contributed by atoms with Gasteiger partial charge in [-0.3, -0.25) is 9.10 Å². The van der Waals surface area contributed by atoms with Crippen LogP contribution in [0.3, 0.4) is 0 Å². The first-order valence-corrected chi connectivity index (χ1v) is 12.3. The number of carbonyl (C=O) groups excluding carboxylic acids is 1. The number of carbonyl (C=O) groups is 1. The maximum absolute atomic E-state index is 13.8. The predicted molar refractivity (Wildman–Crippen MR) is 135 cm³/mol. The smallest absolute Gasteiger partial charge is 0.268 e. The molecule has 0 aromatic heterocycles. The molecule has 0 unspecified atom stereocenters. The largest absolute Gasteiger partial charge is 0.495 e. The topological polar surface area (TPSA) is 84.9 Å². The van der Waals surface area contributed by atoms with Crippen LogP contribution in [0.15, 0.2) is 59.5 Å². The summed E-state index contributed by atoms with van der Waals surface area (Å²) in [5.74, 6) is 0.0507. The molecule has 3 rings (SSSR count). The molecule has 0 aliphatic rings. The Labute approximate surface area is 205 Å². The molecule has 3 aromatic rings. The van der Waals surface area contributed by atoms with Gasteiger partial charge in [0.1, 0.15) is 22.9 Å². The summed E-state index contributed by atoms with van der Waals surface area (Å²) in [4.78, 5) is 13.0. The first-order chi connectivity index (χ1) is 16.1. The summed E-state index contributed by atoms with van der Waals surface area (Å²) in [6.45, 7) is 5.13. The van der Waals surface area contributed by atoms with Gasteiger partial charge in [0.25, 0.3) is 10.0 Å². The van der Waals surface area contributed by atoms with E-state index >= 15 is 0 Å². The van der Waals surface area contributed by atoms with Crippen LogP contribution in [0.5, 0.6) is 11.5 Å². The average molecular weight is 503 g/mol. The van der Waals surface area contributed by atoms with Crippen LogP contribution in [0, 0.1) is 20.8 Å². The van der Waals surface area contributed by atoms with E-state index in [1.807, 2.05) is 26.0 Å². The molecule has 0 heterocycles. The number of rotatable bonds is 8. The van der Waals surface area contributed by atoms with Crippen LogP contribution < -0.4 is 19.1 Å². The zero-order valence-corrected chi connectivity index (χ0v) is 21.3. The van der Waals surface area contributed by atoms with Gasteiger partial charge >= 0.3 is 0 Å². The minimum absolute atomic E-state index is 0.0544. The fraction of sp³-hybridized carbons (Fsp3) is 0.240. The van der Waals surface area contributed by atoms with Gasteiger partial charge in [-0.2, -0.15) is 0 Å². The predicted octanol–water partition coefficient (Wildman–Crippen LogP) is 5.12. The van der Waals surface area contributed by atoms with E-state index in [9.17, 15) is 13.2 Å². The monoisotopic (exact) mass is 502 g/mol. The van der Waals surface area contributed by atoms with Gasteiger partial charge in [-0.1, -0.05) is 35.4 Å². The third-order valence-corrected chi connectivity index (χ3v) is 7.34. The lowest BCUT2D eigenvalue weighted by Crippen LogP contribution is -2.38. The Bertz CT molecular complexity index is 1320. The molecule has 3 aromatic carbocycles. The summed E-state index contributed by atoms with van der Waals surface area (Å²) in [7, 11) is -1.36. The molecule has 0 saturated heterocycles. The molecule has 34 heavy (non-hydrogen) atoms. The minimum atomic E-state index is -4.21. The van der Waals surface area contributed by atoms with E-state index in [0.717, 1.165) is 21.0 Å². The number of anilines is 2. The average Bonchev–Trinajstić information content (AvgIpc) is 2.79. The van der Waals surface area contributed by atoms with Crippen LogP contribution in [-0.2, 0) is 14.8 Å². The second-order valence-corrected chi connectivity index (χ2v) is 10.1. The van der Waals surface area contributed by atoms with Crippen LogP contribution in [0.25, 0.3) is 0 Å². The summed E-state index contributed by atoms with van der Waals surface area (Å²) in [5.41, 5.74) is 3.47. The molecular formula is C25H27ClN2O5S. The normalized spacial score (nSPS) is 11.1. The lowest BCUT2D eigenvalue weighted by atomic mass is 10.1. The molecule has 1 amide bonds. The van der Waals surface area contributed by atoms with E-state index in [1.54, 1.807) is 31.2 Å². The quantitative estimate of drug-likeness (QED) is 0.462. The van der Waals surface area contributed by atoms with Crippen molar-refractivity contribution < 1.29 is 22.7 Å². The van der Waals surface area contributed by atoms with Gasteiger partial charge < -0.3 is 14.8 Å². The zero-order chi connectivity index (χ0) is 25.0. The zero-order valence-electron chi connectivity index (χ0n) is 19.7. The number of amides is 1. The van der Waals surface area contributed by atoms with E-state index in [2.05, 4.69) is 5.32 Å². The first kappa shape index (κ1) is 25.4. The second kappa shape index (κ2) is 10.4. The molecule has 1 N–H and O–H groups in total. The number of hydrogen-bond acceptors (Lipinski definition) is 5. The number of methoxy groups -OCH3 is 2. The highest BCUT2D eigenvalue weighted by Crippen LogP contribution is 2.34. The number of hydrogen-bond donors (Lipinski definition) is 1. The second-order valence-electron chi connectivity index (χ2n) is 7.85. The van der Waals surface area contributed by atoms with Gasteiger partial charge in [-0.05, 0) is 68.3 Å². The van der Waals surface area contributed by atoms with E-state index in [-0.39, 0.29) is 21.4 Å². The van der Waals surface area contributed by atoms with Crippen LogP contribution >= 0.6 is 11.6 Å². The summed E-state index contributed by atoms with van der Waals surface area (Å²) in [6, 6.07) is 15.0. The molecule has 0 saturated carbocycles. The number of aryl methyl sites for hydroxylation is 3. The number of halogens is 1. The molecular weight excluding hydrogens is 476 g/mol. The van der Waals surface area contributed by atoms with E-state index in [4.69, 9.17) is 21.1 Å². The van der Waals surface area contributed by atoms with Gasteiger partial charge in [0.05, 0.1) is 24.9 Å². The van der Waals surface area contributed by atoms with Crippen molar-refractivity contribution in [3.63, 3.8) is 0 Å². The number of benzene rings is 3. The van der Waals surface area contributed by atoms with Crippen LogP contribution in [0.4, 0.5) is 11.4 Å². The Morgan fingerprint density at radius 3 is 2.15 bits per heavy atom. The van der Waals surface area contributed by atoms with Crippen LogP contribution in [0.2, 0.25) is 5.02 Å². The van der Waals surface area contributed by atoms with Crippen molar-refractivity contribution in [1.82, 2.24) is 0 Å². The standard InChI is InChI=1S/C25H27ClN2O5S/c1-16-6-9-21(18(3)12-16)27-25(29)15-28(19-8-11-22(32-4)20(26)14-19)34(30,31)24-13-17(2)7-10-23(24)33-5/h6-14H,15H2,1-5H3,(H,27,29). The van der Waals surface area contributed by atoms with Crippen molar-refractivity contribution in [3.05, 3.63) is 76.3 Å². The van der Waals surface area contributed by atoms with Gasteiger partial charge in [-0.15, -0.1) is 0 Å². The van der Waals surface area contributed by atoms with Crippen molar-refractivity contribution in [2.24, 2.45) is 0 Å². The van der Waals surface area contributed by atoms with E-state index < -0.39 is 22.5 Å². The van der Waals surface area contributed by atoms with Gasteiger partial charge in [-0.25, -0.2) is 8.42 Å². The lowest BCUT2D eigenvalue weighted by molar-refractivity contribution is -0.114. The molecule has 0 spiro atoms. The fourth-order valence-corrected chi connectivity index (χ4v) is 5.41. The molecule has 7 nitrogen and oxygen atoms in total. The van der Waals surface area contributed by atoms with E-state index in [0.29, 0.717) is 11.4 Å². The van der Waals surface area contributed by atoms with Crippen molar-refractivity contribution in [2.75, 3.05) is 30.4 Å². The number of nitrogens with zero attached hydrogens (tertiary/aromatic N) is 1. The third kappa shape index (κ3) is 5.46. The summed E-state index contributed by atoms with van der Waals surface area (Å²) >= 11 is 6.28. The maximum Gasteiger partial charge on any atom is 0.268 e. The Morgan fingerprint density at radius 2 is 1.53 bits per heavy atom. The van der Waals surface area contributed by atoms with Crippen molar-refractivity contribution in [3.8, 4) is 11.5 Å². The maximum atomic E-state index is 13.8. The molecule has 0 bridgehead atoms. The summed E-state index contributed by atoms with van der Waals surface area (Å²) < 4.78 is 39.1. The Hall–Kier alpha value is -3.23. The van der Waals surface area contributed by atoms with Gasteiger partial charge in [0, 0.05) is 5.69 Å². The first-order valence-electron chi connectivity index (χ1n) is 10.4. The third-order valence-electron chi connectivity index (χ3n) is 5.25. The van der Waals surface area contributed by atoms with Crippen molar-refractivity contribution in [2.45, 2.75) is 25.7 Å². The minimum Gasteiger partial charge on any atom is -0.495 e. The van der Waals surface area contributed by atoms with Crippen molar-refractivity contribution in [1.29, 1.82) is 0 Å². The Kier molecular flexibility index (Phi) is 7.74. The molecule has 0 aliphatic carbocycles. The number of sulfonamides is 1. The molecule has 0 radical (unpaired) electrons. The highest BCUT2D eigenvalue weighted by Gasteiger charge is 2.31. The van der Waals surface area contributed by atoms with Gasteiger partial charge in [0.15, 0.2) is 0 Å². The van der Waals surface area contributed by atoms with Crippen LogP contribution in [-0.4, -0.2) is 35.1 Å². The number of nitrogens with one attached hydrogen (secondary N) is 1. The molecule has 9 heteroatoms. The highest BCUT2D eigenvalue weighted by atomic mass is 35.5. The Balaban J connectivity index is 2.06. The number of ether oxygens (including phenoxy) is 2. The summed E-state index contributed by atoms with van der Waals surface area (Å²) in [5, 5.41) is 3.02. The Morgan fingerprint density at radius 1 is 0.912 bits per heavy atom. The molecule has 0 aliphatic heterocycles. The fourth-order valence-electron chi connectivity index (χ4n) is 3.50. The van der Waals surface area contributed by atoms with Crippen molar-refractivity contribution >= 4 is 38.9 Å². The van der Waals surface area contributed by atoms with Crippen LogP contribution in [0.1, 0.15) is 16.7 Å². The molecule has 0 fully saturated rings.